The number of aryl methyl sites for hydroxylation is 2. The van der Waals surface area contributed by atoms with E-state index in [9.17, 15) is 13.0 Å². The second kappa shape index (κ2) is 11.2. The first-order valence-electron chi connectivity index (χ1n) is 8.97. The number of hydrogen-bond acceptors (Lipinski definition) is 3. The normalized spacial score (nSPS) is 11.5. The second-order valence-electron chi connectivity index (χ2n) is 6.47. The maximum Gasteiger partial charge on any atom is 1.00 e. The van der Waals surface area contributed by atoms with E-state index in [1.807, 2.05) is 18.2 Å². The zero-order valence-electron chi connectivity index (χ0n) is 15.7. The van der Waals surface area contributed by atoms with Crippen molar-refractivity contribution in [1.29, 1.82) is 0 Å². The van der Waals surface area contributed by atoms with Gasteiger partial charge in [-0.15, -0.1) is 0 Å². The summed E-state index contributed by atoms with van der Waals surface area (Å²) in [5.74, 6) is 0. The SMILES string of the molecule is CCCCCc1ccc2c(S(=O)(=O)[O-])ccc(CCCCC)c2c1.[K+]. The van der Waals surface area contributed by atoms with Crippen LogP contribution in [0.4, 0.5) is 0 Å². The molecule has 0 spiro atoms. The number of hydrogen-bond donors (Lipinski definition) is 0. The van der Waals surface area contributed by atoms with Crippen molar-refractivity contribution in [2.45, 2.75) is 70.1 Å². The molecular formula is C20H27KO3S. The van der Waals surface area contributed by atoms with Crippen LogP contribution in [-0.4, -0.2) is 13.0 Å². The van der Waals surface area contributed by atoms with Gasteiger partial charge in [0.2, 0.25) is 0 Å². The van der Waals surface area contributed by atoms with Crippen LogP contribution in [0.15, 0.2) is 35.2 Å². The maximum absolute atomic E-state index is 11.6. The number of benzene rings is 2. The second-order valence-corrected chi connectivity index (χ2v) is 7.82. The van der Waals surface area contributed by atoms with Crippen molar-refractivity contribution in [3.63, 3.8) is 0 Å². The van der Waals surface area contributed by atoms with Crippen LogP contribution in [0.5, 0.6) is 0 Å². The van der Waals surface area contributed by atoms with Crippen molar-refractivity contribution < 1.29 is 64.4 Å². The Bertz CT molecular complexity index is 785. The van der Waals surface area contributed by atoms with Crippen molar-refractivity contribution in [2.24, 2.45) is 0 Å². The molecule has 0 bridgehead atoms. The summed E-state index contributed by atoms with van der Waals surface area (Å²) in [5.41, 5.74) is 2.36. The van der Waals surface area contributed by atoms with Crippen LogP contribution < -0.4 is 51.4 Å². The fourth-order valence-electron chi connectivity index (χ4n) is 3.16. The van der Waals surface area contributed by atoms with Gasteiger partial charge in [-0.1, -0.05) is 63.8 Å². The van der Waals surface area contributed by atoms with E-state index in [1.54, 1.807) is 0 Å². The molecule has 0 saturated heterocycles. The minimum absolute atomic E-state index is 0. The van der Waals surface area contributed by atoms with Crippen molar-refractivity contribution in [3.8, 4) is 0 Å². The van der Waals surface area contributed by atoms with Gasteiger partial charge in [-0.3, -0.25) is 0 Å². The molecule has 2 rings (SSSR count). The van der Waals surface area contributed by atoms with E-state index in [0.717, 1.165) is 49.5 Å². The fraction of sp³-hybridized carbons (Fsp3) is 0.500. The Kier molecular flexibility index (Phi) is 10.4. The molecule has 2 aromatic rings. The van der Waals surface area contributed by atoms with Gasteiger partial charge in [-0.2, -0.15) is 0 Å². The largest absolute Gasteiger partial charge is 1.00 e. The third-order valence-corrected chi connectivity index (χ3v) is 5.41. The molecule has 0 aromatic heterocycles. The van der Waals surface area contributed by atoms with E-state index in [1.165, 1.54) is 24.5 Å². The quantitative estimate of drug-likeness (QED) is 0.377. The van der Waals surface area contributed by atoms with Crippen LogP contribution in [0.3, 0.4) is 0 Å². The van der Waals surface area contributed by atoms with Gasteiger partial charge < -0.3 is 4.55 Å². The van der Waals surface area contributed by atoms with Crippen molar-refractivity contribution in [1.82, 2.24) is 0 Å². The predicted octanol–water partition coefficient (Wildman–Crippen LogP) is 2.21. The average Bonchev–Trinajstić information content (AvgIpc) is 2.54. The van der Waals surface area contributed by atoms with Gasteiger partial charge in [0.05, 0.1) is 4.90 Å². The molecule has 0 fully saturated rings. The first-order chi connectivity index (χ1) is 11.5. The van der Waals surface area contributed by atoms with Gasteiger partial charge in [0, 0.05) is 0 Å². The van der Waals surface area contributed by atoms with Crippen LogP contribution in [0.2, 0.25) is 0 Å². The van der Waals surface area contributed by atoms with E-state index in [0.29, 0.717) is 5.39 Å². The molecule has 0 unspecified atom stereocenters. The molecule has 0 atom stereocenters. The van der Waals surface area contributed by atoms with Crippen LogP contribution in [0.1, 0.15) is 63.5 Å². The average molecular weight is 387 g/mol. The van der Waals surface area contributed by atoms with Gasteiger partial charge in [0.1, 0.15) is 10.1 Å². The van der Waals surface area contributed by atoms with Gasteiger partial charge in [-0.25, -0.2) is 8.42 Å². The molecule has 2 aromatic carbocycles. The van der Waals surface area contributed by atoms with E-state index >= 15 is 0 Å². The van der Waals surface area contributed by atoms with Crippen molar-refractivity contribution in [3.05, 3.63) is 41.5 Å². The third kappa shape index (κ3) is 6.72. The molecule has 0 aliphatic rings. The molecule has 25 heavy (non-hydrogen) atoms. The number of unbranched alkanes of at least 4 members (excludes halogenated alkanes) is 4. The van der Waals surface area contributed by atoms with Crippen LogP contribution in [0.25, 0.3) is 10.8 Å². The Morgan fingerprint density at radius 2 is 1.48 bits per heavy atom. The molecule has 132 valence electrons. The minimum atomic E-state index is -4.46. The Morgan fingerprint density at radius 3 is 2.08 bits per heavy atom. The topological polar surface area (TPSA) is 57.2 Å². The summed E-state index contributed by atoms with van der Waals surface area (Å²) in [7, 11) is -4.46. The Hall–Kier alpha value is 0.246. The maximum atomic E-state index is 11.6. The summed E-state index contributed by atoms with van der Waals surface area (Å²) in [5, 5.41) is 1.50. The van der Waals surface area contributed by atoms with Crippen LogP contribution in [-0.2, 0) is 23.0 Å². The summed E-state index contributed by atoms with van der Waals surface area (Å²) in [6.45, 7) is 4.34. The zero-order chi connectivity index (χ0) is 17.6. The van der Waals surface area contributed by atoms with E-state index in [2.05, 4.69) is 19.9 Å². The minimum Gasteiger partial charge on any atom is -0.744 e. The van der Waals surface area contributed by atoms with Gasteiger partial charge >= 0.3 is 51.4 Å². The molecule has 0 N–H and O–H groups in total. The third-order valence-electron chi connectivity index (χ3n) is 4.52. The standard InChI is InChI=1S/C20H28O3S.K/c1-3-5-7-9-16-11-13-18-19(15-16)17(10-8-6-4-2)12-14-20(18)24(21,22)23;/h11-15H,3-10H2,1-2H3,(H,21,22,23);/q;+1/p-1. The molecule has 0 radical (unpaired) electrons. The molecule has 0 heterocycles. The Balaban J connectivity index is 0.00000312. The van der Waals surface area contributed by atoms with Crippen LogP contribution >= 0.6 is 0 Å². The number of rotatable bonds is 9. The Labute approximate surface area is 194 Å². The van der Waals surface area contributed by atoms with Crippen LogP contribution in [0, 0.1) is 0 Å². The monoisotopic (exact) mass is 386 g/mol. The fourth-order valence-corrected chi connectivity index (χ4v) is 3.85. The molecule has 0 aliphatic heterocycles. The van der Waals surface area contributed by atoms with E-state index in [-0.39, 0.29) is 56.3 Å². The molecular weight excluding hydrogens is 359 g/mol. The first kappa shape index (κ1) is 23.3. The summed E-state index contributed by atoms with van der Waals surface area (Å²) in [4.78, 5) is -0.100. The smallest absolute Gasteiger partial charge is 0.744 e. The Morgan fingerprint density at radius 1 is 0.840 bits per heavy atom. The first-order valence-corrected chi connectivity index (χ1v) is 10.4. The molecule has 3 nitrogen and oxygen atoms in total. The van der Waals surface area contributed by atoms with Crippen molar-refractivity contribution in [2.75, 3.05) is 0 Å². The molecule has 0 aliphatic carbocycles. The van der Waals surface area contributed by atoms with Gasteiger partial charge in [0.25, 0.3) is 0 Å². The van der Waals surface area contributed by atoms with Gasteiger partial charge in [-0.05, 0) is 53.6 Å². The number of fused-ring (bicyclic) bond motifs is 1. The van der Waals surface area contributed by atoms with E-state index in [4.69, 9.17) is 0 Å². The summed E-state index contributed by atoms with van der Waals surface area (Å²) < 4.78 is 34.7. The van der Waals surface area contributed by atoms with E-state index < -0.39 is 10.1 Å². The molecule has 5 heteroatoms. The summed E-state index contributed by atoms with van der Waals surface area (Å²) in [6.07, 6.45) is 8.79. The summed E-state index contributed by atoms with van der Waals surface area (Å²) >= 11 is 0. The predicted molar refractivity (Wildman–Crippen MR) is 98.4 cm³/mol. The van der Waals surface area contributed by atoms with Gasteiger partial charge in [0.15, 0.2) is 0 Å². The molecule has 0 amide bonds. The summed E-state index contributed by atoms with van der Waals surface area (Å²) in [6, 6.07) is 9.15. The molecule has 0 saturated carbocycles. The zero-order valence-corrected chi connectivity index (χ0v) is 19.6. The van der Waals surface area contributed by atoms with Crippen molar-refractivity contribution >= 4 is 20.9 Å².